The fraction of sp³-hybridized carbons (Fsp3) is 0.955. The lowest BCUT2D eigenvalue weighted by atomic mass is 9.71. The maximum Gasteiger partial charge on any atom is 0.0689 e. The van der Waals surface area contributed by atoms with Crippen molar-refractivity contribution in [1.82, 2.24) is 0 Å². The predicted molar refractivity (Wildman–Crippen MR) is 101 cm³/mol. The molecule has 0 amide bonds. The summed E-state index contributed by atoms with van der Waals surface area (Å²) >= 11 is 0. The molecule has 0 radical (unpaired) electrons. The minimum Gasteiger partial charge on any atom is -0.378 e. The van der Waals surface area contributed by atoms with Gasteiger partial charge < -0.3 is 4.74 Å². The average molecular weight is 334 g/mol. The van der Waals surface area contributed by atoms with Crippen molar-refractivity contribution < 1.29 is 4.74 Å². The molecule has 0 aromatic heterocycles. The Balaban J connectivity index is 1.60. The zero-order valence-corrected chi connectivity index (χ0v) is 16.2. The van der Waals surface area contributed by atoms with Crippen molar-refractivity contribution in [2.45, 2.75) is 110 Å². The zero-order valence-electron chi connectivity index (χ0n) is 16.2. The van der Waals surface area contributed by atoms with Gasteiger partial charge in [-0.1, -0.05) is 58.8 Å². The van der Waals surface area contributed by atoms with Crippen LogP contribution in [0, 0.1) is 28.6 Å². The van der Waals surface area contributed by atoms with Crippen LogP contribution in [0.4, 0.5) is 0 Å². The molecule has 2 heteroatoms. The van der Waals surface area contributed by atoms with Crippen LogP contribution in [0.15, 0.2) is 0 Å². The molecule has 0 unspecified atom stereocenters. The van der Waals surface area contributed by atoms with Crippen molar-refractivity contribution in [2.24, 2.45) is 17.3 Å². The van der Waals surface area contributed by atoms with Gasteiger partial charge in [0.05, 0.1) is 17.6 Å². The van der Waals surface area contributed by atoms with Crippen LogP contribution < -0.4 is 0 Å². The molecule has 2 saturated carbocycles. The third-order valence-electron chi connectivity index (χ3n) is 6.61. The number of nitrogens with zero attached hydrogens (tertiary/aromatic N) is 1. The molecule has 0 saturated heterocycles. The molecule has 2 rings (SSSR count). The Hall–Kier alpha value is -0.550. The van der Waals surface area contributed by atoms with Crippen LogP contribution in [0.5, 0.6) is 0 Å². The third-order valence-corrected chi connectivity index (χ3v) is 6.61. The second-order valence-electron chi connectivity index (χ2n) is 8.56. The molecule has 0 atom stereocenters. The second kappa shape index (κ2) is 10.4. The largest absolute Gasteiger partial charge is 0.378 e. The van der Waals surface area contributed by atoms with Crippen LogP contribution in [0.1, 0.15) is 104 Å². The Kier molecular flexibility index (Phi) is 8.60. The van der Waals surface area contributed by atoms with Gasteiger partial charge in [-0.15, -0.1) is 0 Å². The molecule has 0 heterocycles. The van der Waals surface area contributed by atoms with Crippen molar-refractivity contribution in [3.8, 4) is 6.07 Å². The fourth-order valence-electron chi connectivity index (χ4n) is 4.85. The van der Waals surface area contributed by atoms with E-state index in [1.54, 1.807) is 0 Å². The number of ether oxygens (including phenoxy) is 1. The standard InChI is InChI=1S/C22H39NO/c1-3-5-6-7-19-8-10-20(11-9-19)17-24-21-12-15-22(18-23,14-4-2)16-13-21/h19-21H,3-17H2,1-2H3/t19-,20-,21-,22-. The molecule has 2 aliphatic carbocycles. The Morgan fingerprint density at radius 2 is 1.58 bits per heavy atom. The molecule has 0 spiro atoms. The molecule has 2 fully saturated rings. The summed E-state index contributed by atoms with van der Waals surface area (Å²) in [7, 11) is 0. The molecule has 0 N–H and O–H groups in total. The first-order valence-electron chi connectivity index (χ1n) is 10.7. The second-order valence-corrected chi connectivity index (χ2v) is 8.56. The average Bonchev–Trinajstić information content (AvgIpc) is 2.63. The molecule has 0 aromatic rings. The summed E-state index contributed by atoms with van der Waals surface area (Å²) in [4.78, 5) is 0. The number of unbranched alkanes of at least 4 members (excludes halogenated alkanes) is 2. The number of hydrogen-bond donors (Lipinski definition) is 0. The van der Waals surface area contributed by atoms with Crippen molar-refractivity contribution in [2.75, 3.05) is 6.61 Å². The van der Waals surface area contributed by atoms with Crippen molar-refractivity contribution in [3.63, 3.8) is 0 Å². The van der Waals surface area contributed by atoms with Gasteiger partial charge >= 0.3 is 0 Å². The van der Waals surface area contributed by atoms with E-state index in [2.05, 4.69) is 19.9 Å². The summed E-state index contributed by atoms with van der Waals surface area (Å²) in [6.07, 6.45) is 18.2. The molecule has 0 aliphatic heterocycles. The molecule has 0 bridgehead atoms. The van der Waals surface area contributed by atoms with E-state index in [0.29, 0.717) is 6.10 Å². The Morgan fingerprint density at radius 3 is 2.17 bits per heavy atom. The number of hydrogen-bond acceptors (Lipinski definition) is 2. The molecule has 24 heavy (non-hydrogen) atoms. The lowest BCUT2D eigenvalue weighted by molar-refractivity contribution is -0.0183. The normalized spacial score (nSPS) is 34.0. The summed E-state index contributed by atoms with van der Waals surface area (Å²) < 4.78 is 6.26. The van der Waals surface area contributed by atoms with Gasteiger partial charge in [0.25, 0.3) is 0 Å². The topological polar surface area (TPSA) is 33.0 Å². The van der Waals surface area contributed by atoms with Crippen LogP contribution in [0.25, 0.3) is 0 Å². The van der Waals surface area contributed by atoms with Crippen molar-refractivity contribution >= 4 is 0 Å². The van der Waals surface area contributed by atoms with Gasteiger partial charge in [-0.3, -0.25) is 0 Å². The van der Waals surface area contributed by atoms with Crippen LogP contribution >= 0.6 is 0 Å². The highest BCUT2D eigenvalue weighted by atomic mass is 16.5. The van der Waals surface area contributed by atoms with E-state index in [1.807, 2.05) is 0 Å². The molecule has 138 valence electrons. The Morgan fingerprint density at radius 1 is 0.917 bits per heavy atom. The summed E-state index contributed by atoms with van der Waals surface area (Å²) in [6.45, 7) is 5.46. The van der Waals surface area contributed by atoms with E-state index in [0.717, 1.165) is 57.0 Å². The monoisotopic (exact) mass is 333 g/mol. The quantitative estimate of drug-likeness (QED) is 0.443. The Labute approximate surface area is 150 Å². The van der Waals surface area contributed by atoms with Gasteiger partial charge in [0.2, 0.25) is 0 Å². The molecule has 2 aliphatic rings. The highest BCUT2D eigenvalue weighted by molar-refractivity contribution is 5.01. The van der Waals surface area contributed by atoms with Gasteiger partial charge in [0.15, 0.2) is 0 Å². The molecule has 0 aromatic carbocycles. The Bertz CT molecular complexity index is 370. The van der Waals surface area contributed by atoms with Crippen LogP contribution in [-0.2, 0) is 4.74 Å². The fourth-order valence-corrected chi connectivity index (χ4v) is 4.85. The number of rotatable bonds is 9. The van der Waals surface area contributed by atoms with E-state index in [1.165, 1.54) is 51.4 Å². The van der Waals surface area contributed by atoms with Gasteiger partial charge in [0.1, 0.15) is 0 Å². The van der Waals surface area contributed by atoms with E-state index < -0.39 is 0 Å². The predicted octanol–water partition coefficient (Wildman–Crippen LogP) is 6.64. The third kappa shape index (κ3) is 6.07. The highest BCUT2D eigenvalue weighted by Crippen LogP contribution is 2.41. The minimum absolute atomic E-state index is 0.0365. The van der Waals surface area contributed by atoms with Gasteiger partial charge in [-0.25, -0.2) is 0 Å². The lowest BCUT2D eigenvalue weighted by Crippen LogP contribution is -2.31. The van der Waals surface area contributed by atoms with Crippen LogP contribution in [0.2, 0.25) is 0 Å². The van der Waals surface area contributed by atoms with Crippen LogP contribution in [-0.4, -0.2) is 12.7 Å². The van der Waals surface area contributed by atoms with Gasteiger partial charge in [-0.05, 0) is 56.8 Å². The molecule has 2 nitrogen and oxygen atoms in total. The van der Waals surface area contributed by atoms with E-state index >= 15 is 0 Å². The SMILES string of the molecule is CCCCC[C@H]1CC[C@H](CO[C@H]2CC[C@@](C#N)(CCC)CC2)CC1. The molecular weight excluding hydrogens is 294 g/mol. The maximum absolute atomic E-state index is 9.50. The van der Waals surface area contributed by atoms with Gasteiger partial charge in [0, 0.05) is 6.61 Å². The molecular formula is C22H39NO. The maximum atomic E-state index is 9.50. The van der Waals surface area contributed by atoms with E-state index in [9.17, 15) is 5.26 Å². The first-order valence-corrected chi connectivity index (χ1v) is 10.7. The highest BCUT2D eigenvalue weighted by Gasteiger charge is 2.35. The summed E-state index contributed by atoms with van der Waals surface area (Å²) in [5.74, 6) is 1.79. The first-order chi connectivity index (χ1) is 11.7. The smallest absolute Gasteiger partial charge is 0.0689 e. The summed E-state index contributed by atoms with van der Waals surface area (Å²) in [5, 5.41) is 9.50. The summed E-state index contributed by atoms with van der Waals surface area (Å²) in [5.41, 5.74) is -0.0365. The number of nitriles is 1. The summed E-state index contributed by atoms with van der Waals surface area (Å²) in [6, 6.07) is 2.61. The zero-order chi connectivity index (χ0) is 17.3. The van der Waals surface area contributed by atoms with E-state index in [-0.39, 0.29) is 5.41 Å². The van der Waals surface area contributed by atoms with Crippen molar-refractivity contribution in [1.29, 1.82) is 5.26 Å². The minimum atomic E-state index is -0.0365. The van der Waals surface area contributed by atoms with E-state index in [4.69, 9.17) is 4.74 Å². The van der Waals surface area contributed by atoms with Crippen LogP contribution in [0.3, 0.4) is 0 Å². The first kappa shape index (κ1) is 19.8. The van der Waals surface area contributed by atoms with Gasteiger partial charge in [-0.2, -0.15) is 5.26 Å². The lowest BCUT2D eigenvalue weighted by Gasteiger charge is -2.36. The van der Waals surface area contributed by atoms with Crippen molar-refractivity contribution in [3.05, 3.63) is 0 Å².